The van der Waals surface area contributed by atoms with Crippen LogP contribution in [0.5, 0.6) is 0 Å². The number of nitrogens with zero attached hydrogens (tertiary/aromatic N) is 1. The maximum atomic E-state index is 3.68. The normalized spacial score (nSPS) is 10.6. The molecule has 96 valence electrons. The first-order valence-corrected chi connectivity index (χ1v) is 7.20. The Labute approximate surface area is 114 Å². The first-order valence-electron chi connectivity index (χ1n) is 6.40. The molecule has 0 aliphatic heterocycles. The molecule has 1 aromatic carbocycles. The van der Waals surface area contributed by atoms with Crippen molar-refractivity contribution in [3.8, 4) is 0 Å². The molecule has 0 radical (unpaired) electrons. The van der Waals surface area contributed by atoms with Gasteiger partial charge in [-0.25, -0.2) is 0 Å². The summed E-state index contributed by atoms with van der Waals surface area (Å²) in [6, 6.07) is 6.63. The highest BCUT2D eigenvalue weighted by Crippen LogP contribution is 2.27. The van der Waals surface area contributed by atoms with E-state index in [1.54, 1.807) is 0 Å². The van der Waals surface area contributed by atoms with Crippen LogP contribution in [0.15, 0.2) is 22.7 Å². The molecule has 0 unspecified atom stereocenters. The molecule has 0 aromatic heterocycles. The Morgan fingerprint density at radius 3 is 2.59 bits per heavy atom. The lowest BCUT2D eigenvalue weighted by molar-refractivity contribution is 0.730. The lowest BCUT2D eigenvalue weighted by Gasteiger charge is -2.24. The number of rotatable bonds is 7. The molecule has 0 fully saturated rings. The summed E-state index contributed by atoms with van der Waals surface area (Å²) in [5.74, 6) is 0. The van der Waals surface area contributed by atoms with Crippen molar-refractivity contribution in [3.63, 3.8) is 0 Å². The van der Waals surface area contributed by atoms with Gasteiger partial charge in [-0.1, -0.05) is 19.4 Å². The lowest BCUT2D eigenvalue weighted by atomic mass is 10.2. The van der Waals surface area contributed by atoms with Crippen molar-refractivity contribution in [2.45, 2.75) is 33.2 Å². The maximum Gasteiger partial charge on any atom is 0.0510 e. The van der Waals surface area contributed by atoms with Crippen LogP contribution in [0.2, 0.25) is 0 Å². The van der Waals surface area contributed by atoms with E-state index in [0.717, 1.165) is 19.6 Å². The van der Waals surface area contributed by atoms with E-state index >= 15 is 0 Å². The second-order valence-electron chi connectivity index (χ2n) is 4.25. The molecule has 0 aliphatic rings. The molecule has 1 rings (SSSR count). The highest BCUT2D eigenvalue weighted by Gasteiger charge is 2.08. The van der Waals surface area contributed by atoms with E-state index in [0.29, 0.717) is 0 Å². The molecule has 0 saturated carbocycles. The van der Waals surface area contributed by atoms with Gasteiger partial charge in [-0.05, 0) is 54.0 Å². The molecule has 1 aromatic rings. The number of hydrogen-bond acceptors (Lipinski definition) is 2. The van der Waals surface area contributed by atoms with Gasteiger partial charge in [-0.2, -0.15) is 0 Å². The van der Waals surface area contributed by atoms with E-state index < -0.39 is 0 Å². The van der Waals surface area contributed by atoms with Gasteiger partial charge in [0.25, 0.3) is 0 Å². The van der Waals surface area contributed by atoms with Crippen LogP contribution in [-0.4, -0.2) is 20.1 Å². The summed E-state index contributed by atoms with van der Waals surface area (Å²) in [6.07, 6.45) is 2.49. The molecule has 1 N–H and O–H groups in total. The van der Waals surface area contributed by atoms with Gasteiger partial charge in [0.15, 0.2) is 0 Å². The van der Waals surface area contributed by atoms with Crippen LogP contribution in [0.4, 0.5) is 5.69 Å². The summed E-state index contributed by atoms with van der Waals surface area (Å²) >= 11 is 3.68. The molecule has 17 heavy (non-hydrogen) atoms. The fraction of sp³-hybridized carbons (Fsp3) is 0.571. The van der Waals surface area contributed by atoms with E-state index in [9.17, 15) is 0 Å². The van der Waals surface area contributed by atoms with Crippen molar-refractivity contribution in [1.29, 1.82) is 0 Å². The minimum absolute atomic E-state index is 0.917. The number of hydrogen-bond donors (Lipinski definition) is 1. The van der Waals surface area contributed by atoms with Crippen molar-refractivity contribution in [1.82, 2.24) is 5.32 Å². The van der Waals surface area contributed by atoms with Crippen molar-refractivity contribution in [2.24, 2.45) is 0 Å². The average Bonchev–Trinajstić information content (AvgIpc) is 2.32. The summed E-state index contributed by atoms with van der Waals surface area (Å²) in [4.78, 5) is 2.43. The Kier molecular flexibility index (Phi) is 6.60. The SMILES string of the molecule is CCCCN(CC)c1ccc(CNC)cc1Br. The van der Waals surface area contributed by atoms with Crippen LogP contribution in [0.25, 0.3) is 0 Å². The highest BCUT2D eigenvalue weighted by atomic mass is 79.9. The van der Waals surface area contributed by atoms with Gasteiger partial charge in [0, 0.05) is 24.1 Å². The number of unbranched alkanes of at least 4 members (excludes halogenated alkanes) is 1. The van der Waals surface area contributed by atoms with E-state index in [-0.39, 0.29) is 0 Å². The summed E-state index contributed by atoms with van der Waals surface area (Å²) in [5.41, 5.74) is 2.62. The maximum absolute atomic E-state index is 3.68. The Morgan fingerprint density at radius 2 is 2.06 bits per heavy atom. The van der Waals surface area contributed by atoms with Crippen molar-refractivity contribution in [3.05, 3.63) is 28.2 Å². The second kappa shape index (κ2) is 7.72. The van der Waals surface area contributed by atoms with Crippen LogP contribution in [0.3, 0.4) is 0 Å². The first kappa shape index (κ1) is 14.5. The van der Waals surface area contributed by atoms with Crippen molar-refractivity contribution >= 4 is 21.6 Å². The fourth-order valence-electron chi connectivity index (χ4n) is 1.92. The molecule has 0 aliphatic carbocycles. The Hall–Kier alpha value is -0.540. The van der Waals surface area contributed by atoms with Gasteiger partial charge in [-0.3, -0.25) is 0 Å². The lowest BCUT2D eigenvalue weighted by Crippen LogP contribution is -2.24. The monoisotopic (exact) mass is 298 g/mol. The standard InChI is InChI=1S/C14H23BrN2/c1-4-6-9-17(5-2)14-8-7-12(11-16-3)10-13(14)15/h7-8,10,16H,4-6,9,11H2,1-3H3. The Morgan fingerprint density at radius 1 is 1.29 bits per heavy atom. The molecule has 0 spiro atoms. The minimum Gasteiger partial charge on any atom is -0.371 e. The van der Waals surface area contributed by atoms with Crippen LogP contribution in [0.1, 0.15) is 32.3 Å². The van der Waals surface area contributed by atoms with Gasteiger partial charge in [0.1, 0.15) is 0 Å². The third kappa shape index (κ3) is 4.32. The molecule has 2 nitrogen and oxygen atoms in total. The third-order valence-corrected chi connectivity index (χ3v) is 3.53. The number of benzene rings is 1. The largest absolute Gasteiger partial charge is 0.371 e. The van der Waals surface area contributed by atoms with Gasteiger partial charge >= 0.3 is 0 Å². The summed E-state index contributed by atoms with van der Waals surface area (Å²) in [5, 5.41) is 3.17. The Balaban J connectivity index is 2.81. The third-order valence-electron chi connectivity index (χ3n) is 2.90. The number of anilines is 1. The van der Waals surface area contributed by atoms with E-state index in [4.69, 9.17) is 0 Å². The zero-order chi connectivity index (χ0) is 12.7. The van der Waals surface area contributed by atoms with Crippen LogP contribution in [0, 0.1) is 0 Å². The Bertz CT molecular complexity index is 339. The predicted octanol–water partition coefficient (Wildman–Crippen LogP) is 3.79. The fourth-order valence-corrected chi connectivity index (χ4v) is 2.60. The van der Waals surface area contributed by atoms with Crippen LogP contribution < -0.4 is 10.2 Å². The van der Waals surface area contributed by atoms with Crippen molar-refractivity contribution < 1.29 is 0 Å². The van der Waals surface area contributed by atoms with E-state index in [1.165, 1.54) is 28.6 Å². The number of nitrogens with one attached hydrogen (secondary N) is 1. The van der Waals surface area contributed by atoms with E-state index in [2.05, 4.69) is 58.2 Å². The smallest absolute Gasteiger partial charge is 0.0510 e. The molecule has 0 heterocycles. The zero-order valence-electron chi connectivity index (χ0n) is 11.1. The predicted molar refractivity (Wildman–Crippen MR) is 79.7 cm³/mol. The number of halogens is 1. The quantitative estimate of drug-likeness (QED) is 0.824. The molecular formula is C14H23BrN2. The summed E-state index contributed by atoms with van der Waals surface area (Å²) in [7, 11) is 1.97. The summed E-state index contributed by atoms with van der Waals surface area (Å²) < 4.78 is 1.20. The summed E-state index contributed by atoms with van der Waals surface area (Å²) in [6.45, 7) is 7.56. The first-order chi connectivity index (χ1) is 8.22. The minimum atomic E-state index is 0.917. The van der Waals surface area contributed by atoms with Crippen LogP contribution in [-0.2, 0) is 6.54 Å². The molecule has 3 heteroatoms. The van der Waals surface area contributed by atoms with Gasteiger partial charge in [-0.15, -0.1) is 0 Å². The molecule has 0 amide bonds. The van der Waals surface area contributed by atoms with Gasteiger partial charge in [0.05, 0.1) is 5.69 Å². The highest BCUT2D eigenvalue weighted by molar-refractivity contribution is 9.10. The van der Waals surface area contributed by atoms with E-state index in [1.807, 2.05) is 7.05 Å². The topological polar surface area (TPSA) is 15.3 Å². The average molecular weight is 299 g/mol. The molecule has 0 bridgehead atoms. The van der Waals surface area contributed by atoms with Crippen LogP contribution >= 0.6 is 15.9 Å². The van der Waals surface area contributed by atoms with Gasteiger partial charge in [0.2, 0.25) is 0 Å². The molecule has 0 saturated heterocycles. The molecule has 0 atom stereocenters. The molecular weight excluding hydrogens is 276 g/mol. The van der Waals surface area contributed by atoms with Crippen molar-refractivity contribution in [2.75, 3.05) is 25.0 Å². The van der Waals surface area contributed by atoms with Gasteiger partial charge < -0.3 is 10.2 Å². The second-order valence-corrected chi connectivity index (χ2v) is 5.10. The zero-order valence-corrected chi connectivity index (χ0v) is 12.7.